The summed E-state index contributed by atoms with van der Waals surface area (Å²) in [4.78, 5) is 24.1. The van der Waals surface area contributed by atoms with Crippen LogP contribution in [0.15, 0.2) is 82.8 Å². The normalized spacial score (nSPS) is 11.3. The summed E-state index contributed by atoms with van der Waals surface area (Å²) < 4.78 is 32.2. The average Bonchev–Trinajstić information content (AvgIpc) is 2.84. The Morgan fingerprint density at radius 3 is 2.35 bits per heavy atom. The first kappa shape index (κ1) is 24.9. The van der Waals surface area contributed by atoms with E-state index in [1.807, 2.05) is 0 Å². The third kappa shape index (κ3) is 6.00. The van der Waals surface area contributed by atoms with Crippen molar-refractivity contribution in [1.82, 2.24) is 5.43 Å². The predicted octanol–water partition coefficient (Wildman–Crippen LogP) is 3.78. The van der Waals surface area contributed by atoms with Crippen molar-refractivity contribution in [2.24, 2.45) is 5.10 Å². The van der Waals surface area contributed by atoms with Crippen molar-refractivity contribution in [1.29, 1.82) is 0 Å². The van der Waals surface area contributed by atoms with Crippen molar-refractivity contribution < 1.29 is 22.7 Å². The van der Waals surface area contributed by atoms with Gasteiger partial charge < -0.3 is 4.74 Å². The van der Waals surface area contributed by atoms with Crippen LogP contribution in [0.5, 0.6) is 0 Å². The van der Waals surface area contributed by atoms with Crippen LogP contribution in [0.4, 0.5) is 5.69 Å². The van der Waals surface area contributed by atoms with Crippen molar-refractivity contribution in [2.75, 3.05) is 18.0 Å². The molecule has 0 aliphatic rings. The average molecular weight is 500 g/mol. The Hall–Kier alpha value is -3.69. The highest BCUT2D eigenvalue weighted by Gasteiger charge is 2.27. The summed E-state index contributed by atoms with van der Waals surface area (Å²) in [6.45, 7) is 1.27. The Balaban J connectivity index is 1.79. The summed E-state index contributed by atoms with van der Waals surface area (Å²) in [5.41, 5.74) is 4.34. The minimum absolute atomic E-state index is 0.0358. The molecular weight excluding hydrogens is 478 g/mol. The quantitative estimate of drug-likeness (QED) is 0.288. The number of nitrogens with zero attached hydrogens (tertiary/aromatic N) is 2. The van der Waals surface area contributed by atoms with Gasteiger partial charge in [0.05, 0.1) is 29.5 Å². The van der Waals surface area contributed by atoms with Crippen LogP contribution in [0.1, 0.15) is 21.5 Å². The van der Waals surface area contributed by atoms with Crippen molar-refractivity contribution in [3.05, 3.63) is 94.5 Å². The van der Waals surface area contributed by atoms with Gasteiger partial charge in [0.25, 0.3) is 15.9 Å². The Morgan fingerprint density at radius 1 is 1.06 bits per heavy atom. The summed E-state index contributed by atoms with van der Waals surface area (Å²) in [6, 6.07) is 18.9. The summed E-state index contributed by atoms with van der Waals surface area (Å²) in [5.74, 6) is -1.12. The number of carbonyl (C=O) groups is 2. The number of esters is 1. The van der Waals surface area contributed by atoms with Gasteiger partial charge in [0.1, 0.15) is 6.54 Å². The second-order valence-corrected chi connectivity index (χ2v) is 9.43. The molecule has 0 aliphatic heterocycles. The molecule has 8 nitrogen and oxygen atoms in total. The molecule has 1 amide bonds. The number of nitrogens with one attached hydrogen (secondary N) is 1. The van der Waals surface area contributed by atoms with Gasteiger partial charge in [-0.15, -0.1) is 0 Å². The fourth-order valence-corrected chi connectivity index (χ4v) is 4.55. The van der Waals surface area contributed by atoms with E-state index in [1.165, 1.54) is 31.5 Å². The maximum atomic E-state index is 13.3. The zero-order valence-corrected chi connectivity index (χ0v) is 20.0. The van der Waals surface area contributed by atoms with Crippen LogP contribution < -0.4 is 9.73 Å². The van der Waals surface area contributed by atoms with E-state index in [0.29, 0.717) is 16.1 Å². The molecule has 0 bridgehead atoms. The van der Waals surface area contributed by atoms with Crippen LogP contribution in [0.3, 0.4) is 0 Å². The Labute approximate surface area is 202 Å². The number of carbonyl (C=O) groups excluding carboxylic acids is 2. The van der Waals surface area contributed by atoms with E-state index in [-0.39, 0.29) is 10.6 Å². The molecule has 176 valence electrons. The number of methoxy groups -OCH3 is 1. The number of amides is 1. The van der Waals surface area contributed by atoms with E-state index in [1.54, 1.807) is 61.5 Å². The molecule has 0 heterocycles. The molecule has 0 unspecified atom stereocenters. The minimum Gasteiger partial charge on any atom is -0.465 e. The summed E-state index contributed by atoms with van der Waals surface area (Å²) >= 11 is 6.21. The van der Waals surface area contributed by atoms with Crippen LogP contribution in [0.25, 0.3) is 0 Å². The van der Waals surface area contributed by atoms with E-state index in [9.17, 15) is 18.0 Å². The van der Waals surface area contributed by atoms with Crippen LogP contribution in [-0.2, 0) is 19.6 Å². The number of halogens is 1. The van der Waals surface area contributed by atoms with Crippen LogP contribution in [-0.4, -0.2) is 40.2 Å². The van der Waals surface area contributed by atoms with Gasteiger partial charge in [0.15, 0.2) is 0 Å². The molecule has 10 heteroatoms. The molecule has 0 spiro atoms. The minimum atomic E-state index is -4.05. The zero-order valence-electron chi connectivity index (χ0n) is 18.4. The maximum Gasteiger partial charge on any atom is 0.337 e. The predicted molar refractivity (Wildman–Crippen MR) is 131 cm³/mol. The molecule has 0 aromatic heterocycles. The maximum absolute atomic E-state index is 13.3. The number of benzene rings is 3. The van der Waals surface area contributed by atoms with E-state index >= 15 is 0 Å². The van der Waals surface area contributed by atoms with Gasteiger partial charge in [-0.2, -0.15) is 5.10 Å². The molecule has 34 heavy (non-hydrogen) atoms. The molecule has 1 N–H and O–H groups in total. The first-order chi connectivity index (χ1) is 16.2. The highest BCUT2D eigenvalue weighted by atomic mass is 35.5. The topological polar surface area (TPSA) is 105 Å². The lowest BCUT2D eigenvalue weighted by atomic mass is 10.1. The van der Waals surface area contributed by atoms with Gasteiger partial charge in [0, 0.05) is 5.02 Å². The third-order valence-electron chi connectivity index (χ3n) is 4.80. The molecule has 0 fully saturated rings. The first-order valence-corrected chi connectivity index (χ1v) is 11.9. The molecule has 3 aromatic carbocycles. The lowest BCUT2D eigenvalue weighted by Gasteiger charge is -2.24. The molecule has 0 saturated carbocycles. The third-order valence-corrected chi connectivity index (χ3v) is 6.99. The van der Waals surface area contributed by atoms with Crippen molar-refractivity contribution in [2.45, 2.75) is 11.8 Å². The zero-order chi connectivity index (χ0) is 24.7. The number of anilines is 1. The molecule has 0 radical (unpaired) electrons. The van der Waals surface area contributed by atoms with E-state index in [4.69, 9.17) is 11.6 Å². The fourth-order valence-electron chi connectivity index (χ4n) is 2.94. The van der Waals surface area contributed by atoms with Crippen LogP contribution in [0, 0.1) is 6.92 Å². The van der Waals surface area contributed by atoms with Gasteiger partial charge in [-0.05, 0) is 54.4 Å². The number of hydrogen-bond donors (Lipinski definition) is 1. The van der Waals surface area contributed by atoms with Gasteiger partial charge in [-0.3, -0.25) is 9.10 Å². The number of ether oxygens (including phenoxy) is 1. The molecule has 0 saturated heterocycles. The lowest BCUT2D eigenvalue weighted by molar-refractivity contribution is -0.119. The summed E-state index contributed by atoms with van der Waals surface area (Å²) in [6.07, 6.45) is 1.37. The van der Waals surface area contributed by atoms with Crippen LogP contribution in [0.2, 0.25) is 5.02 Å². The monoisotopic (exact) mass is 499 g/mol. The lowest BCUT2D eigenvalue weighted by Crippen LogP contribution is -2.39. The van der Waals surface area contributed by atoms with Gasteiger partial charge in [0.2, 0.25) is 0 Å². The first-order valence-electron chi connectivity index (χ1n) is 10.1. The largest absolute Gasteiger partial charge is 0.465 e. The molecule has 0 aliphatic carbocycles. The highest BCUT2D eigenvalue weighted by molar-refractivity contribution is 7.92. The molecule has 3 rings (SSSR count). The second-order valence-electron chi connectivity index (χ2n) is 7.16. The molecular formula is C24H22ClN3O5S. The summed E-state index contributed by atoms with van der Waals surface area (Å²) in [5, 5.41) is 4.26. The highest BCUT2D eigenvalue weighted by Crippen LogP contribution is 2.27. The van der Waals surface area contributed by atoms with Crippen molar-refractivity contribution >= 4 is 45.4 Å². The Kier molecular flexibility index (Phi) is 8.04. The summed E-state index contributed by atoms with van der Waals surface area (Å²) in [7, 11) is -2.76. The van der Waals surface area contributed by atoms with Gasteiger partial charge in [-0.25, -0.2) is 18.6 Å². The van der Waals surface area contributed by atoms with E-state index in [0.717, 1.165) is 9.87 Å². The van der Waals surface area contributed by atoms with Gasteiger partial charge in [-0.1, -0.05) is 48.0 Å². The Bertz CT molecular complexity index is 1310. The smallest absolute Gasteiger partial charge is 0.337 e. The molecule has 3 aromatic rings. The van der Waals surface area contributed by atoms with E-state index in [2.05, 4.69) is 15.3 Å². The second kappa shape index (κ2) is 11.0. The number of hydrogen-bond acceptors (Lipinski definition) is 6. The van der Waals surface area contributed by atoms with Gasteiger partial charge >= 0.3 is 5.97 Å². The number of rotatable bonds is 8. The fraction of sp³-hybridized carbons (Fsp3) is 0.125. The number of aryl methyl sites for hydroxylation is 1. The number of hydrazone groups is 1. The van der Waals surface area contributed by atoms with Crippen molar-refractivity contribution in [3.8, 4) is 0 Å². The SMILES string of the molecule is COC(=O)c1ccc(/C=N\NC(=O)CN(c2ccc(C)c(Cl)c2)S(=O)(=O)c2ccccc2)cc1. The number of sulfonamides is 1. The van der Waals surface area contributed by atoms with Crippen LogP contribution >= 0.6 is 11.6 Å². The standard InChI is InChI=1S/C24H22ClN3O5S/c1-17-8-13-20(14-22(17)25)28(34(31,32)21-6-4-3-5-7-21)16-23(29)27-26-15-18-9-11-19(12-10-18)24(30)33-2/h3-15H,16H2,1-2H3,(H,27,29)/b26-15-. The van der Waals surface area contributed by atoms with Crippen molar-refractivity contribution in [3.63, 3.8) is 0 Å². The van der Waals surface area contributed by atoms with E-state index < -0.39 is 28.4 Å². The Morgan fingerprint density at radius 2 is 1.74 bits per heavy atom. The molecule has 0 atom stereocenters.